The average molecular weight is 391 g/mol. The molecule has 0 bridgehead atoms. The number of H-pyrrole nitrogens is 1. The smallest absolute Gasteiger partial charge is 0.336 e. The van der Waals surface area contributed by atoms with Gasteiger partial charge in [0.1, 0.15) is 11.3 Å². The van der Waals surface area contributed by atoms with Gasteiger partial charge < -0.3 is 14.1 Å². The second-order valence-corrected chi connectivity index (χ2v) is 6.92. The number of fused-ring (bicyclic) bond motifs is 2. The van der Waals surface area contributed by atoms with E-state index in [1.54, 1.807) is 6.07 Å². The summed E-state index contributed by atoms with van der Waals surface area (Å²) in [5.41, 5.74) is 3.42. The van der Waals surface area contributed by atoms with Crippen LogP contribution in [0.3, 0.4) is 0 Å². The zero-order valence-electron chi connectivity index (χ0n) is 16.2. The monoisotopic (exact) mass is 391 g/mol. The summed E-state index contributed by atoms with van der Waals surface area (Å²) in [6.07, 6.45) is 1.59. The second-order valence-electron chi connectivity index (χ2n) is 6.92. The summed E-state index contributed by atoms with van der Waals surface area (Å²) in [5.74, 6) is 0.548. The molecule has 0 fully saturated rings. The molecule has 7 heteroatoms. The molecule has 0 aliphatic carbocycles. The van der Waals surface area contributed by atoms with Gasteiger partial charge in [0.15, 0.2) is 6.61 Å². The summed E-state index contributed by atoms with van der Waals surface area (Å²) in [4.78, 5) is 31.6. The summed E-state index contributed by atoms with van der Waals surface area (Å²) in [6, 6.07) is 12.7. The number of aromatic amines is 1. The number of aryl methyl sites for hydroxylation is 2. The predicted molar refractivity (Wildman–Crippen MR) is 111 cm³/mol. The molecule has 4 rings (SSSR count). The number of aromatic nitrogens is 2. The van der Waals surface area contributed by atoms with E-state index in [4.69, 9.17) is 9.15 Å². The van der Waals surface area contributed by atoms with Crippen LogP contribution in [0.2, 0.25) is 0 Å². The third kappa shape index (κ3) is 3.99. The van der Waals surface area contributed by atoms with Crippen LogP contribution in [0.5, 0.6) is 5.75 Å². The molecule has 0 radical (unpaired) electrons. The number of ether oxygens (including phenoxy) is 1. The maximum atomic E-state index is 12.4. The Bertz CT molecular complexity index is 1220. The van der Waals surface area contributed by atoms with Crippen LogP contribution < -0.4 is 15.7 Å². The molecule has 0 saturated carbocycles. The Morgan fingerprint density at radius 3 is 2.86 bits per heavy atom. The van der Waals surface area contributed by atoms with Crippen molar-refractivity contribution in [3.05, 3.63) is 64.0 Å². The largest absolute Gasteiger partial charge is 0.483 e. The first-order chi connectivity index (χ1) is 14.0. The maximum absolute atomic E-state index is 12.4. The van der Waals surface area contributed by atoms with Crippen molar-refractivity contribution in [2.75, 3.05) is 11.9 Å². The van der Waals surface area contributed by atoms with Gasteiger partial charge in [-0.3, -0.25) is 10.1 Å². The molecule has 0 aliphatic rings. The van der Waals surface area contributed by atoms with Crippen LogP contribution in [0.4, 0.5) is 5.95 Å². The van der Waals surface area contributed by atoms with Gasteiger partial charge in [-0.1, -0.05) is 25.5 Å². The molecule has 7 nitrogen and oxygen atoms in total. The van der Waals surface area contributed by atoms with E-state index in [0.29, 0.717) is 23.7 Å². The lowest BCUT2D eigenvalue weighted by Crippen LogP contribution is -2.21. The molecule has 4 aromatic rings. The molecule has 0 unspecified atom stereocenters. The van der Waals surface area contributed by atoms with Crippen LogP contribution in [0, 0.1) is 6.92 Å². The van der Waals surface area contributed by atoms with Crippen molar-refractivity contribution in [1.29, 1.82) is 0 Å². The highest BCUT2D eigenvalue weighted by Crippen LogP contribution is 2.30. The van der Waals surface area contributed by atoms with Gasteiger partial charge in [0, 0.05) is 6.07 Å². The van der Waals surface area contributed by atoms with E-state index in [1.807, 2.05) is 44.2 Å². The molecule has 2 aromatic carbocycles. The van der Waals surface area contributed by atoms with Gasteiger partial charge in [0.25, 0.3) is 5.91 Å². The number of anilines is 1. The van der Waals surface area contributed by atoms with E-state index in [1.165, 1.54) is 6.07 Å². The van der Waals surface area contributed by atoms with Gasteiger partial charge in [-0.25, -0.2) is 9.78 Å². The van der Waals surface area contributed by atoms with Crippen LogP contribution in [0.1, 0.15) is 24.5 Å². The highest BCUT2D eigenvalue weighted by atomic mass is 16.5. The van der Waals surface area contributed by atoms with Crippen LogP contribution in [-0.2, 0) is 11.2 Å². The van der Waals surface area contributed by atoms with E-state index in [9.17, 15) is 9.59 Å². The highest BCUT2D eigenvalue weighted by molar-refractivity contribution is 5.93. The summed E-state index contributed by atoms with van der Waals surface area (Å²) in [5, 5.41) is 3.44. The van der Waals surface area contributed by atoms with Gasteiger partial charge in [0.2, 0.25) is 5.95 Å². The average Bonchev–Trinajstić information content (AvgIpc) is 3.07. The number of imidazole rings is 1. The molecule has 0 saturated heterocycles. The lowest BCUT2D eigenvalue weighted by Gasteiger charge is -2.12. The molecule has 0 atom stereocenters. The van der Waals surface area contributed by atoms with Gasteiger partial charge in [-0.05, 0) is 48.7 Å². The number of carbonyl (C=O) groups is 1. The number of carbonyl (C=O) groups excluding carboxylic acids is 1. The van der Waals surface area contributed by atoms with Gasteiger partial charge in [0.05, 0.1) is 16.4 Å². The summed E-state index contributed by atoms with van der Waals surface area (Å²) in [7, 11) is 0. The van der Waals surface area contributed by atoms with Crippen molar-refractivity contribution < 1.29 is 13.9 Å². The van der Waals surface area contributed by atoms with Gasteiger partial charge >= 0.3 is 5.63 Å². The molecular weight excluding hydrogens is 370 g/mol. The molecule has 2 aromatic heterocycles. The number of rotatable bonds is 6. The third-order valence-corrected chi connectivity index (χ3v) is 4.56. The van der Waals surface area contributed by atoms with Gasteiger partial charge in [-0.15, -0.1) is 0 Å². The van der Waals surface area contributed by atoms with Crippen LogP contribution in [0.15, 0.2) is 51.7 Å². The number of benzene rings is 2. The SMILES string of the molecule is CCCc1cc(=O)oc2cc(C)cc(OCC(=O)Nc3nc4ccccc4[nH]3)c12. The van der Waals surface area contributed by atoms with E-state index < -0.39 is 0 Å². The van der Waals surface area contributed by atoms with Crippen LogP contribution in [0.25, 0.3) is 22.0 Å². The fourth-order valence-electron chi connectivity index (χ4n) is 3.37. The minimum atomic E-state index is -0.389. The van der Waals surface area contributed by atoms with E-state index >= 15 is 0 Å². The first-order valence-electron chi connectivity index (χ1n) is 9.48. The molecule has 0 spiro atoms. The fraction of sp³-hybridized carbons (Fsp3) is 0.227. The predicted octanol–water partition coefficient (Wildman–Crippen LogP) is 3.95. The first-order valence-corrected chi connectivity index (χ1v) is 9.48. The van der Waals surface area contributed by atoms with Crippen molar-refractivity contribution in [2.24, 2.45) is 0 Å². The normalized spacial score (nSPS) is 11.1. The lowest BCUT2D eigenvalue weighted by molar-refractivity contribution is -0.118. The summed E-state index contributed by atoms with van der Waals surface area (Å²) < 4.78 is 11.2. The van der Waals surface area contributed by atoms with Crippen LogP contribution >= 0.6 is 0 Å². The molecule has 0 aliphatic heterocycles. The Morgan fingerprint density at radius 2 is 2.07 bits per heavy atom. The molecule has 2 heterocycles. The van der Waals surface area contributed by atoms with E-state index in [0.717, 1.165) is 34.0 Å². The maximum Gasteiger partial charge on any atom is 0.336 e. The van der Waals surface area contributed by atoms with Crippen molar-refractivity contribution in [1.82, 2.24) is 9.97 Å². The minimum Gasteiger partial charge on any atom is -0.483 e. The number of hydrogen-bond donors (Lipinski definition) is 2. The highest BCUT2D eigenvalue weighted by Gasteiger charge is 2.14. The Hall–Kier alpha value is -3.61. The quantitative estimate of drug-likeness (QED) is 0.485. The zero-order chi connectivity index (χ0) is 20.4. The number of nitrogens with one attached hydrogen (secondary N) is 2. The second kappa shape index (κ2) is 7.79. The fourth-order valence-corrected chi connectivity index (χ4v) is 3.37. The Balaban J connectivity index is 1.57. The van der Waals surface area contributed by atoms with Crippen molar-refractivity contribution in [2.45, 2.75) is 26.7 Å². The molecular formula is C22H21N3O4. The van der Waals surface area contributed by atoms with Crippen molar-refractivity contribution >= 4 is 33.9 Å². The van der Waals surface area contributed by atoms with Crippen molar-refractivity contribution in [3.63, 3.8) is 0 Å². The van der Waals surface area contributed by atoms with E-state index in [2.05, 4.69) is 15.3 Å². The van der Waals surface area contributed by atoms with E-state index in [-0.39, 0.29) is 18.1 Å². The van der Waals surface area contributed by atoms with Gasteiger partial charge in [-0.2, -0.15) is 0 Å². The number of amides is 1. The number of nitrogens with zero attached hydrogens (tertiary/aromatic N) is 1. The summed E-state index contributed by atoms with van der Waals surface area (Å²) in [6.45, 7) is 3.73. The molecule has 1 amide bonds. The minimum absolute atomic E-state index is 0.194. The standard InChI is InChI=1S/C22H21N3O4/c1-3-6-14-11-20(27)29-18-10-13(2)9-17(21(14)18)28-12-19(26)25-22-23-15-7-4-5-8-16(15)24-22/h4-5,7-11H,3,6,12H2,1-2H3,(H2,23,24,25,26). The van der Waals surface area contributed by atoms with Crippen LogP contribution in [-0.4, -0.2) is 22.5 Å². The number of para-hydroxylation sites is 2. The Morgan fingerprint density at radius 1 is 1.24 bits per heavy atom. The lowest BCUT2D eigenvalue weighted by atomic mass is 10.0. The molecule has 148 valence electrons. The molecule has 2 N–H and O–H groups in total. The topological polar surface area (TPSA) is 97.2 Å². The first kappa shape index (κ1) is 18.7. The third-order valence-electron chi connectivity index (χ3n) is 4.56. The Kier molecular flexibility index (Phi) is 5.03. The molecule has 29 heavy (non-hydrogen) atoms. The zero-order valence-corrected chi connectivity index (χ0v) is 16.2. The summed E-state index contributed by atoms with van der Waals surface area (Å²) >= 11 is 0. The van der Waals surface area contributed by atoms with Crippen molar-refractivity contribution in [3.8, 4) is 5.75 Å². The number of hydrogen-bond acceptors (Lipinski definition) is 5. The Labute approximate surface area is 166 Å².